The number of hydrogen-bond acceptors (Lipinski definition) is 4. The molecule has 2 N–H and O–H groups in total. The van der Waals surface area contributed by atoms with E-state index in [-0.39, 0.29) is 0 Å². The molecule has 6 nitrogen and oxygen atoms in total. The Bertz CT molecular complexity index is 627. The molecule has 0 aliphatic carbocycles. The Kier molecular flexibility index (Phi) is 7.83. The van der Waals surface area contributed by atoms with Crippen molar-refractivity contribution < 1.29 is 5.11 Å². The Morgan fingerprint density at radius 3 is 2.61 bits per heavy atom. The summed E-state index contributed by atoms with van der Waals surface area (Å²) in [5, 5.41) is 13.6. The summed E-state index contributed by atoms with van der Waals surface area (Å²) in [6.45, 7) is 9.47. The van der Waals surface area contributed by atoms with Crippen LogP contribution in [0, 0.1) is 0 Å². The van der Waals surface area contributed by atoms with Gasteiger partial charge >= 0.3 is 0 Å². The van der Waals surface area contributed by atoms with Gasteiger partial charge in [-0.2, -0.15) is 0 Å². The largest absolute Gasteiger partial charge is 0.506 e. The summed E-state index contributed by atoms with van der Waals surface area (Å²) in [4.78, 5) is 11.7. The summed E-state index contributed by atoms with van der Waals surface area (Å²) in [5.74, 6) is 1.37. The molecule has 6 heteroatoms. The minimum atomic E-state index is 0.362. The fourth-order valence-electron chi connectivity index (χ4n) is 4.35. The number of para-hydroxylation sites is 2. The first kappa shape index (κ1) is 20.8. The molecule has 2 aliphatic rings. The van der Waals surface area contributed by atoms with E-state index in [2.05, 4.69) is 31.9 Å². The Morgan fingerprint density at radius 2 is 1.89 bits per heavy atom. The molecular formula is C22H37N5O. The number of piperazine rings is 1. The second-order valence-electron chi connectivity index (χ2n) is 8.02. The van der Waals surface area contributed by atoms with E-state index in [4.69, 9.17) is 0 Å². The zero-order chi connectivity index (χ0) is 19.8. The molecule has 1 aromatic rings. The van der Waals surface area contributed by atoms with E-state index < -0.39 is 0 Å². The number of rotatable bonds is 6. The number of guanidine groups is 1. The van der Waals surface area contributed by atoms with Crippen LogP contribution >= 0.6 is 0 Å². The third-order valence-electron chi connectivity index (χ3n) is 6.11. The van der Waals surface area contributed by atoms with Crippen LogP contribution in [0.4, 0.5) is 5.69 Å². The van der Waals surface area contributed by atoms with Gasteiger partial charge in [0.1, 0.15) is 5.75 Å². The van der Waals surface area contributed by atoms with Crippen LogP contribution in [0.15, 0.2) is 29.3 Å². The number of piperidine rings is 1. The SMILES string of the molecule is CN=C(NCCCCN1CCCCC1C)N1CCN(c2ccccc2O)CC1. The number of aromatic hydroxyl groups is 1. The second-order valence-corrected chi connectivity index (χ2v) is 8.02. The highest BCUT2D eigenvalue weighted by atomic mass is 16.3. The molecule has 1 unspecified atom stereocenters. The van der Waals surface area contributed by atoms with Crippen molar-refractivity contribution in [3.05, 3.63) is 24.3 Å². The summed E-state index contributed by atoms with van der Waals surface area (Å²) in [7, 11) is 1.87. The van der Waals surface area contributed by atoms with E-state index in [1.54, 1.807) is 6.07 Å². The summed E-state index contributed by atoms with van der Waals surface area (Å²) >= 11 is 0. The monoisotopic (exact) mass is 387 g/mol. The molecule has 0 saturated carbocycles. The van der Waals surface area contributed by atoms with Crippen molar-refractivity contribution in [2.24, 2.45) is 4.99 Å². The Labute approximate surface area is 170 Å². The third kappa shape index (κ3) is 5.53. The Balaban J connectivity index is 1.36. The lowest BCUT2D eigenvalue weighted by atomic mass is 10.0. The number of phenols is 1. The zero-order valence-corrected chi connectivity index (χ0v) is 17.6. The van der Waals surface area contributed by atoms with Crippen LogP contribution in [0.2, 0.25) is 0 Å². The van der Waals surface area contributed by atoms with E-state index >= 15 is 0 Å². The highest BCUT2D eigenvalue weighted by Gasteiger charge is 2.21. The van der Waals surface area contributed by atoms with Gasteiger partial charge in [0.2, 0.25) is 0 Å². The van der Waals surface area contributed by atoms with Crippen molar-refractivity contribution in [3.8, 4) is 5.75 Å². The standard InChI is InChI=1S/C22H37N5O/c1-19-9-5-7-13-25(19)14-8-6-12-24-22(23-2)27-17-15-26(16-18-27)20-10-3-4-11-21(20)28/h3-4,10-11,19,28H,5-9,12-18H2,1-2H3,(H,23,24). The lowest BCUT2D eigenvalue weighted by Gasteiger charge is -2.38. The van der Waals surface area contributed by atoms with Gasteiger partial charge in [-0.3, -0.25) is 4.99 Å². The van der Waals surface area contributed by atoms with Gasteiger partial charge < -0.3 is 25.1 Å². The van der Waals surface area contributed by atoms with Crippen molar-refractivity contribution in [1.29, 1.82) is 0 Å². The summed E-state index contributed by atoms with van der Waals surface area (Å²) in [6.07, 6.45) is 6.54. The molecule has 0 radical (unpaired) electrons. The average Bonchev–Trinajstić information content (AvgIpc) is 2.73. The number of nitrogens with zero attached hydrogens (tertiary/aromatic N) is 4. The van der Waals surface area contributed by atoms with E-state index in [0.29, 0.717) is 5.75 Å². The number of unbranched alkanes of at least 4 members (excludes halogenated alkanes) is 1. The lowest BCUT2D eigenvalue weighted by Crippen LogP contribution is -2.52. The predicted molar refractivity (Wildman–Crippen MR) is 117 cm³/mol. The van der Waals surface area contributed by atoms with Crippen LogP contribution in [0.25, 0.3) is 0 Å². The van der Waals surface area contributed by atoms with Gasteiger partial charge in [-0.25, -0.2) is 0 Å². The maximum atomic E-state index is 10.1. The molecule has 0 amide bonds. The minimum Gasteiger partial charge on any atom is -0.506 e. The molecule has 2 aliphatic heterocycles. The first-order chi connectivity index (χ1) is 13.7. The molecule has 156 valence electrons. The van der Waals surface area contributed by atoms with Gasteiger partial charge in [0.25, 0.3) is 0 Å². The first-order valence-corrected chi connectivity index (χ1v) is 10.9. The summed E-state index contributed by atoms with van der Waals surface area (Å²) < 4.78 is 0. The molecule has 2 fully saturated rings. The zero-order valence-electron chi connectivity index (χ0n) is 17.6. The number of aliphatic imine (C=N–C) groups is 1. The Hall–Kier alpha value is -1.95. The lowest BCUT2D eigenvalue weighted by molar-refractivity contribution is 0.158. The summed E-state index contributed by atoms with van der Waals surface area (Å²) in [6, 6.07) is 8.35. The van der Waals surface area contributed by atoms with E-state index in [1.165, 1.54) is 45.2 Å². The number of likely N-dealkylation sites (tertiary alicyclic amines) is 1. The van der Waals surface area contributed by atoms with Gasteiger partial charge in [0, 0.05) is 45.8 Å². The molecule has 2 saturated heterocycles. The molecule has 0 spiro atoms. The fourth-order valence-corrected chi connectivity index (χ4v) is 4.35. The van der Waals surface area contributed by atoms with Crippen LogP contribution in [0.5, 0.6) is 5.75 Å². The van der Waals surface area contributed by atoms with Crippen molar-refractivity contribution >= 4 is 11.6 Å². The molecule has 1 aromatic carbocycles. The third-order valence-corrected chi connectivity index (χ3v) is 6.11. The number of benzene rings is 1. The topological polar surface area (TPSA) is 54.3 Å². The first-order valence-electron chi connectivity index (χ1n) is 10.9. The number of anilines is 1. The molecule has 1 atom stereocenters. The smallest absolute Gasteiger partial charge is 0.193 e. The quantitative estimate of drug-likeness (QED) is 0.447. The van der Waals surface area contributed by atoms with Crippen LogP contribution in [0.1, 0.15) is 39.0 Å². The average molecular weight is 388 g/mol. The predicted octanol–water partition coefficient (Wildman–Crippen LogP) is 2.74. The van der Waals surface area contributed by atoms with Gasteiger partial charge in [0.15, 0.2) is 5.96 Å². The molecule has 0 bridgehead atoms. The fraction of sp³-hybridized carbons (Fsp3) is 0.682. The van der Waals surface area contributed by atoms with Crippen molar-refractivity contribution in [1.82, 2.24) is 15.1 Å². The number of nitrogens with one attached hydrogen (secondary N) is 1. The highest BCUT2D eigenvalue weighted by molar-refractivity contribution is 5.80. The number of phenolic OH excluding ortho intramolecular Hbond substituents is 1. The van der Waals surface area contributed by atoms with Gasteiger partial charge in [0.05, 0.1) is 5.69 Å². The van der Waals surface area contributed by atoms with E-state index in [1.807, 2.05) is 25.2 Å². The van der Waals surface area contributed by atoms with Crippen molar-refractivity contribution in [3.63, 3.8) is 0 Å². The van der Waals surface area contributed by atoms with E-state index in [9.17, 15) is 5.11 Å². The second kappa shape index (κ2) is 10.6. The van der Waals surface area contributed by atoms with Gasteiger partial charge in [-0.15, -0.1) is 0 Å². The van der Waals surface area contributed by atoms with Crippen molar-refractivity contribution in [2.45, 2.75) is 45.1 Å². The van der Waals surface area contributed by atoms with Gasteiger partial charge in [-0.05, 0) is 57.8 Å². The van der Waals surface area contributed by atoms with Crippen molar-refractivity contribution in [2.75, 3.05) is 57.8 Å². The van der Waals surface area contributed by atoms with Crippen LogP contribution in [0.3, 0.4) is 0 Å². The molecule has 0 aromatic heterocycles. The molecule has 3 rings (SSSR count). The Morgan fingerprint density at radius 1 is 1.11 bits per heavy atom. The summed E-state index contributed by atoms with van der Waals surface area (Å²) in [5.41, 5.74) is 0.928. The van der Waals surface area contributed by atoms with Crippen LogP contribution < -0.4 is 10.2 Å². The molecular weight excluding hydrogens is 350 g/mol. The highest BCUT2D eigenvalue weighted by Crippen LogP contribution is 2.27. The molecule has 2 heterocycles. The normalized spacial score (nSPS) is 21.8. The van der Waals surface area contributed by atoms with Crippen LogP contribution in [-0.4, -0.2) is 79.8 Å². The number of hydrogen-bond donors (Lipinski definition) is 2. The molecule has 28 heavy (non-hydrogen) atoms. The maximum Gasteiger partial charge on any atom is 0.193 e. The van der Waals surface area contributed by atoms with Gasteiger partial charge in [-0.1, -0.05) is 18.6 Å². The minimum absolute atomic E-state index is 0.362. The van der Waals surface area contributed by atoms with E-state index in [0.717, 1.165) is 50.4 Å². The maximum absolute atomic E-state index is 10.1. The van der Waals surface area contributed by atoms with Crippen LogP contribution in [-0.2, 0) is 0 Å².